The number of carbonyl (C=O) groups is 1. The Bertz CT molecular complexity index is 479. The Morgan fingerprint density at radius 1 is 1.43 bits per heavy atom. The van der Waals surface area contributed by atoms with Crippen LogP contribution in [0.25, 0.3) is 0 Å². The van der Waals surface area contributed by atoms with E-state index in [1.165, 1.54) is 0 Å². The lowest BCUT2D eigenvalue weighted by molar-refractivity contribution is -0.117. The molecule has 2 unspecified atom stereocenters. The van der Waals surface area contributed by atoms with Crippen molar-refractivity contribution in [1.82, 2.24) is 4.90 Å². The van der Waals surface area contributed by atoms with E-state index >= 15 is 0 Å². The second-order valence-corrected chi connectivity index (χ2v) is 6.00. The molecule has 0 aromatic heterocycles. The fourth-order valence-electron chi connectivity index (χ4n) is 2.87. The Hall–Kier alpha value is -1.30. The summed E-state index contributed by atoms with van der Waals surface area (Å²) in [6, 6.07) is 7.66. The average Bonchev–Trinajstić information content (AvgIpc) is 2.49. The maximum absolute atomic E-state index is 12.2. The number of anilines is 1. The highest BCUT2D eigenvalue weighted by Gasteiger charge is 2.23. The number of hydrogen-bond donors (Lipinski definition) is 2. The third kappa shape index (κ3) is 6.37. The third-order valence-electron chi connectivity index (χ3n) is 4.10. The number of halogens is 1. The number of piperidine rings is 1. The van der Waals surface area contributed by atoms with Gasteiger partial charge in [-0.05, 0) is 63.4 Å². The fraction of sp³-hybridized carbons (Fsp3) is 0.588. The van der Waals surface area contributed by atoms with Gasteiger partial charge >= 0.3 is 0 Å². The van der Waals surface area contributed by atoms with Crippen molar-refractivity contribution in [2.75, 3.05) is 31.6 Å². The van der Waals surface area contributed by atoms with Crippen LogP contribution in [0.5, 0.6) is 5.75 Å². The number of hydrogen-bond acceptors (Lipinski definition) is 4. The van der Waals surface area contributed by atoms with Crippen LogP contribution < -0.4 is 15.8 Å². The zero-order valence-corrected chi connectivity index (χ0v) is 14.8. The van der Waals surface area contributed by atoms with Crippen LogP contribution in [-0.2, 0) is 4.79 Å². The molecule has 0 radical (unpaired) electrons. The summed E-state index contributed by atoms with van der Waals surface area (Å²) in [6.45, 7) is 6.95. The van der Waals surface area contributed by atoms with Crippen molar-refractivity contribution in [2.24, 2.45) is 11.7 Å². The molecule has 2 atom stereocenters. The van der Waals surface area contributed by atoms with E-state index < -0.39 is 0 Å². The average molecular weight is 342 g/mol. The molecule has 1 aromatic rings. The summed E-state index contributed by atoms with van der Waals surface area (Å²) < 4.78 is 5.39. The Balaban J connectivity index is 0.00000264. The van der Waals surface area contributed by atoms with Crippen molar-refractivity contribution in [3.63, 3.8) is 0 Å². The van der Waals surface area contributed by atoms with E-state index in [-0.39, 0.29) is 24.4 Å². The summed E-state index contributed by atoms with van der Waals surface area (Å²) in [6.07, 6.45) is 2.28. The first-order chi connectivity index (χ1) is 10.6. The lowest BCUT2D eigenvalue weighted by atomic mass is 9.92. The zero-order valence-electron chi connectivity index (χ0n) is 14.0. The number of carbonyl (C=O) groups excluding carboxylic acids is 1. The fourth-order valence-corrected chi connectivity index (χ4v) is 2.87. The van der Waals surface area contributed by atoms with Gasteiger partial charge in [-0.25, -0.2) is 0 Å². The van der Waals surface area contributed by atoms with Gasteiger partial charge in [-0.2, -0.15) is 0 Å². The lowest BCUT2D eigenvalue weighted by Gasteiger charge is -2.34. The van der Waals surface area contributed by atoms with Crippen LogP contribution in [0.1, 0.15) is 26.7 Å². The first-order valence-electron chi connectivity index (χ1n) is 8.09. The van der Waals surface area contributed by atoms with Gasteiger partial charge in [0.05, 0.1) is 13.2 Å². The highest BCUT2D eigenvalue weighted by atomic mass is 35.5. The normalized spacial score (nSPS) is 19.5. The van der Waals surface area contributed by atoms with E-state index in [9.17, 15) is 4.79 Å². The quantitative estimate of drug-likeness (QED) is 0.834. The summed E-state index contributed by atoms with van der Waals surface area (Å²) in [5.41, 5.74) is 6.78. The van der Waals surface area contributed by atoms with Crippen molar-refractivity contribution in [2.45, 2.75) is 32.7 Å². The van der Waals surface area contributed by atoms with E-state index in [0.717, 1.165) is 37.4 Å². The molecule has 0 bridgehead atoms. The molecule has 0 saturated carbocycles. The SMILES string of the molecule is CCOc1ccc(NC(=O)CN2CCCC(C(C)N)C2)cc1.Cl. The van der Waals surface area contributed by atoms with Crippen LogP contribution in [-0.4, -0.2) is 43.1 Å². The third-order valence-corrected chi connectivity index (χ3v) is 4.10. The van der Waals surface area contributed by atoms with E-state index in [2.05, 4.69) is 10.2 Å². The molecular formula is C17H28ClN3O2. The molecule has 5 nitrogen and oxygen atoms in total. The van der Waals surface area contributed by atoms with Crippen LogP contribution >= 0.6 is 12.4 Å². The van der Waals surface area contributed by atoms with Crippen molar-refractivity contribution >= 4 is 24.0 Å². The van der Waals surface area contributed by atoms with Crippen LogP contribution in [0.3, 0.4) is 0 Å². The van der Waals surface area contributed by atoms with Crippen LogP contribution in [0.15, 0.2) is 24.3 Å². The number of benzene rings is 1. The van der Waals surface area contributed by atoms with Gasteiger partial charge < -0.3 is 15.8 Å². The van der Waals surface area contributed by atoms with E-state index in [4.69, 9.17) is 10.5 Å². The molecule has 1 saturated heterocycles. The van der Waals surface area contributed by atoms with Crippen LogP contribution in [0.2, 0.25) is 0 Å². The minimum atomic E-state index is 0. The highest BCUT2D eigenvalue weighted by molar-refractivity contribution is 5.92. The van der Waals surface area contributed by atoms with Gasteiger partial charge in [0.1, 0.15) is 5.75 Å². The second kappa shape index (κ2) is 9.75. The Morgan fingerprint density at radius 2 is 2.13 bits per heavy atom. The predicted molar refractivity (Wildman–Crippen MR) is 96.3 cm³/mol. The Morgan fingerprint density at radius 3 is 2.74 bits per heavy atom. The maximum atomic E-state index is 12.2. The Kier molecular flexibility index (Phi) is 8.37. The smallest absolute Gasteiger partial charge is 0.238 e. The second-order valence-electron chi connectivity index (χ2n) is 6.00. The molecule has 1 fully saturated rings. The molecular weight excluding hydrogens is 314 g/mol. The van der Waals surface area contributed by atoms with Gasteiger partial charge in [0.15, 0.2) is 0 Å². The molecule has 1 aromatic carbocycles. The summed E-state index contributed by atoms with van der Waals surface area (Å²) in [5, 5.41) is 2.94. The number of rotatable bonds is 6. The molecule has 0 spiro atoms. The van der Waals surface area contributed by atoms with Gasteiger partial charge in [-0.3, -0.25) is 9.69 Å². The minimum absolute atomic E-state index is 0. The summed E-state index contributed by atoms with van der Waals surface area (Å²) >= 11 is 0. The summed E-state index contributed by atoms with van der Waals surface area (Å²) in [4.78, 5) is 14.3. The minimum Gasteiger partial charge on any atom is -0.494 e. The van der Waals surface area contributed by atoms with Gasteiger partial charge in [0.2, 0.25) is 5.91 Å². The molecule has 0 aliphatic carbocycles. The van der Waals surface area contributed by atoms with E-state index in [1.54, 1.807) is 0 Å². The van der Waals surface area contributed by atoms with E-state index in [0.29, 0.717) is 19.1 Å². The van der Waals surface area contributed by atoms with E-state index in [1.807, 2.05) is 38.1 Å². The van der Waals surface area contributed by atoms with Gasteiger partial charge in [0.25, 0.3) is 0 Å². The molecule has 1 heterocycles. The monoisotopic (exact) mass is 341 g/mol. The molecule has 1 aliphatic heterocycles. The maximum Gasteiger partial charge on any atom is 0.238 e. The van der Waals surface area contributed by atoms with Crippen molar-refractivity contribution in [1.29, 1.82) is 0 Å². The first kappa shape index (κ1) is 19.7. The van der Waals surface area contributed by atoms with Crippen molar-refractivity contribution in [3.05, 3.63) is 24.3 Å². The lowest BCUT2D eigenvalue weighted by Crippen LogP contribution is -2.45. The standard InChI is InChI=1S/C17H27N3O2.ClH/c1-3-22-16-8-6-15(7-9-16)19-17(21)12-20-10-4-5-14(11-20)13(2)18;/h6-9,13-14H,3-5,10-12,18H2,1-2H3,(H,19,21);1H. The van der Waals surface area contributed by atoms with Gasteiger partial charge in [-0.15, -0.1) is 12.4 Å². The molecule has 6 heteroatoms. The van der Waals surface area contributed by atoms with Crippen LogP contribution in [0, 0.1) is 5.92 Å². The van der Waals surface area contributed by atoms with Crippen LogP contribution in [0.4, 0.5) is 5.69 Å². The Labute approximate surface area is 145 Å². The number of likely N-dealkylation sites (tertiary alicyclic amines) is 1. The largest absolute Gasteiger partial charge is 0.494 e. The number of nitrogens with one attached hydrogen (secondary N) is 1. The molecule has 1 aliphatic rings. The number of nitrogens with zero attached hydrogens (tertiary/aromatic N) is 1. The highest BCUT2D eigenvalue weighted by Crippen LogP contribution is 2.19. The predicted octanol–water partition coefficient (Wildman–Crippen LogP) is 2.50. The molecule has 2 rings (SSSR count). The number of amides is 1. The zero-order chi connectivity index (χ0) is 15.9. The molecule has 1 amide bonds. The number of ether oxygens (including phenoxy) is 1. The first-order valence-corrected chi connectivity index (χ1v) is 8.09. The van der Waals surface area contributed by atoms with Crippen molar-refractivity contribution < 1.29 is 9.53 Å². The molecule has 23 heavy (non-hydrogen) atoms. The summed E-state index contributed by atoms with van der Waals surface area (Å²) in [7, 11) is 0. The number of nitrogens with two attached hydrogens (primary N) is 1. The molecule has 3 N–H and O–H groups in total. The topological polar surface area (TPSA) is 67.6 Å². The van der Waals surface area contributed by atoms with Crippen molar-refractivity contribution in [3.8, 4) is 5.75 Å². The summed E-state index contributed by atoms with van der Waals surface area (Å²) in [5.74, 6) is 1.33. The molecule has 130 valence electrons. The van der Waals surface area contributed by atoms with Gasteiger partial charge in [0, 0.05) is 18.3 Å². The van der Waals surface area contributed by atoms with Gasteiger partial charge in [-0.1, -0.05) is 0 Å².